The lowest BCUT2D eigenvalue weighted by Gasteiger charge is -2.43. The summed E-state index contributed by atoms with van der Waals surface area (Å²) in [5.41, 5.74) is 2.81. The Balaban J connectivity index is 1.99. The number of ether oxygens (including phenoxy) is 1. The summed E-state index contributed by atoms with van der Waals surface area (Å²) in [6.07, 6.45) is 6.75. The van der Waals surface area contributed by atoms with Gasteiger partial charge in [0, 0.05) is 11.7 Å². The SMILES string of the molecule is CCC1c2cc(OC)ccc2N[C@@H]2CCCCC12. The molecule has 1 aliphatic carbocycles. The number of fused-ring (bicyclic) bond motifs is 2. The Labute approximate surface area is 110 Å². The van der Waals surface area contributed by atoms with Crippen LogP contribution in [0, 0.1) is 5.92 Å². The molecule has 1 saturated carbocycles. The Kier molecular flexibility index (Phi) is 3.19. The van der Waals surface area contributed by atoms with Crippen LogP contribution in [0.5, 0.6) is 5.75 Å². The molecule has 2 heteroatoms. The highest BCUT2D eigenvalue weighted by Crippen LogP contribution is 2.46. The molecule has 1 aliphatic heterocycles. The first kappa shape index (κ1) is 11.9. The topological polar surface area (TPSA) is 21.3 Å². The third-order valence-electron chi connectivity index (χ3n) is 4.78. The quantitative estimate of drug-likeness (QED) is 0.844. The minimum Gasteiger partial charge on any atom is -0.497 e. The summed E-state index contributed by atoms with van der Waals surface area (Å²) in [5.74, 6) is 2.52. The van der Waals surface area contributed by atoms with Gasteiger partial charge in [-0.1, -0.05) is 19.8 Å². The summed E-state index contributed by atoms with van der Waals surface area (Å²) in [7, 11) is 1.75. The number of rotatable bonds is 2. The van der Waals surface area contributed by atoms with Crippen LogP contribution in [-0.4, -0.2) is 13.2 Å². The average molecular weight is 245 g/mol. The zero-order chi connectivity index (χ0) is 12.5. The number of methoxy groups -OCH3 is 1. The maximum Gasteiger partial charge on any atom is 0.119 e. The molecule has 0 bridgehead atoms. The van der Waals surface area contributed by atoms with Gasteiger partial charge in [0.05, 0.1) is 7.11 Å². The molecule has 2 nitrogen and oxygen atoms in total. The molecule has 3 rings (SSSR count). The Morgan fingerprint density at radius 2 is 2.11 bits per heavy atom. The van der Waals surface area contributed by atoms with Crippen LogP contribution in [0.1, 0.15) is 50.5 Å². The highest BCUT2D eigenvalue weighted by Gasteiger charge is 2.36. The summed E-state index contributed by atoms with van der Waals surface area (Å²) in [6, 6.07) is 7.20. The van der Waals surface area contributed by atoms with Gasteiger partial charge in [-0.25, -0.2) is 0 Å². The fraction of sp³-hybridized carbons (Fsp3) is 0.625. The van der Waals surface area contributed by atoms with Gasteiger partial charge in [0.2, 0.25) is 0 Å². The van der Waals surface area contributed by atoms with Crippen LogP contribution >= 0.6 is 0 Å². The smallest absolute Gasteiger partial charge is 0.119 e. The summed E-state index contributed by atoms with van der Waals surface area (Å²) < 4.78 is 5.38. The van der Waals surface area contributed by atoms with Gasteiger partial charge < -0.3 is 10.1 Å². The van der Waals surface area contributed by atoms with Gasteiger partial charge in [-0.2, -0.15) is 0 Å². The Hall–Kier alpha value is -1.18. The van der Waals surface area contributed by atoms with Crippen LogP contribution in [0.3, 0.4) is 0 Å². The molecule has 2 unspecified atom stereocenters. The maximum atomic E-state index is 5.38. The third kappa shape index (κ3) is 1.88. The molecule has 1 heterocycles. The molecular formula is C16H23NO. The van der Waals surface area contributed by atoms with Crippen molar-refractivity contribution >= 4 is 5.69 Å². The van der Waals surface area contributed by atoms with E-state index < -0.39 is 0 Å². The minimum absolute atomic E-state index is 0.699. The van der Waals surface area contributed by atoms with Crippen molar-refractivity contribution in [1.29, 1.82) is 0 Å². The van der Waals surface area contributed by atoms with E-state index >= 15 is 0 Å². The van der Waals surface area contributed by atoms with Crippen molar-refractivity contribution in [3.63, 3.8) is 0 Å². The monoisotopic (exact) mass is 245 g/mol. The van der Waals surface area contributed by atoms with E-state index in [0.717, 1.165) is 11.7 Å². The summed E-state index contributed by atoms with van der Waals surface area (Å²) in [6.45, 7) is 2.32. The van der Waals surface area contributed by atoms with Gasteiger partial charge in [-0.3, -0.25) is 0 Å². The minimum atomic E-state index is 0.699. The lowest BCUT2D eigenvalue weighted by atomic mass is 9.70. The van der Waals surface area contributed by atoms with Crippen molar-refractivity contribution in [2.24, 2.45) is 5.92 Å². The highest BCUT2D eigenvalue weighted by atomic mass is 16.5. The molecule has 0 saturated heterocycles. The first-order valence-corrected chi connectivity index (χ1v) is 7.28. The zero-order valence-electron chi connectivity index (χ0n) is 11.4. The zero-order valence-corrected chi connectivity index (χ0v) is 11.4. The van der Waals surface area contributed by atoms with Crippen LogP contribution in [0.25, 0.3) is 0 Å². The van der Waals surface area contributed by atoms with E-state index in [2.05, 4.69) is 30.4 Å². The first-order valence-electron chi connectivity index (χ1n) is 7.28. The molecular weight excluding hydrogens is 222 g/mol. The fourth-order valence-corrected chi connectivity index (χ4v) is 3.88. The summed E-state index contributed by atoms with van der Waals surface area (Å²) in [4.78, 5) is 0. The van der Waals surface area contributed by atoms with Crippen molar-refractivity contribution in [2.75, 3.05) is 12.4 Å². The largest absolute Gasteiger partial charge is 0.497 e. The molecule has 98 valence electrons. The molecule has 0 radical (unpaired) electrons. The molecule has 0 aromatic heterocycles. The number of hydrogen-bond acceptors (Lipinski definition) is 2. The van der Waals surface area contributed by atoms with E-state index in [1.807, 2.05) is 0 Å². The van der Waals surface area contributed by atoms with Crippen molar-refractivity contribution in [1.82, 2.24) is 0 Å². The molecule has 2 aliphatic rings. The van der Waals surface area contributed by atoms with Gasteiger partial charge in [0.15, 0.2) is 0 Å². The normalized spacial score (nSPS) is 30.0. The van der Waals surface area contributed by atoms with E-state index in [9.17, 15) is 0 Å². The van der Waals surface area contributed by atoms with Gasteiger partial charge in [-0.15, -0.1) is 0 Å². The van der Waals surface area contributed by atoms with E-state index in [0.29, 0.717) is 12.0 Å². The van der Waals surface area contributed by atoms with Gasteiger partial charge in [-0.05, 0) is 54.9 Å². The summed E-state index contributed by atoms with van der Waals surface area (Å²) in [5, 5.41) is 3.76. The highest BCUT2D eigenvalue weighted by molar-refractivity contribution is 5.59. The van der Waals surface area contributed by atoms with Crippen molar-refractivity contribution in [2.45, 2.75) is 51.0 Å². The summed E-state index contributed by atoms with van der Waals surface area (Å²) >= 11 is 0. The van der Waals surface area contributed by atoms with E-state index in [-0.39, 0.29) is 0 Å². The number of benzene rings is 1. The standard InChI is InChI=1S/C16H23NO/c1-3-12-13-6-4-5-7-15(13)17-16-9-8-11(18-2)10-14(12)16/h8-10,12-13,15,17H,3-7H2,1-2H3/t12?,13?,15-/m1/s1. The lowest BCUT2D eigenvalue weighted by molar-refractivity contribution is 0.262. The van der Waals surface area contributed by atoms with Crippen LogP contribution in [0.4, 0.5) is 5.69 Å². The Bertz CT molecular complexity index is 429. The number of anilines is 1. The van der Waals surface area contributed by atoms with Crippen molar-refractivity contribution < 1.29 is 4.74 Å². The maximum absolute atomic E-state index is 5.38. The second-order valence-corrected chi connectivity index (χ2v) is 5.67. The molecule has 0 spiro atoms. The second-order valence-electron chi connectivity index (χ2n) is 5.67. The molecule has 1 N–H and O–H groups in total. The van der Waals surface area contributed by atoms with E-state index in [1.54, 1.807) is 7.11 Å². The first-order chi connectivity index (χ1) is 8.83. The van der Waals surface area contributed by atoms with Gasteiger partial charge >= 0.3 is 0 Å². The fourth-order valence-electron chi connectivity index (χ4n) is 3.88. The van der Waals surface area contributed by atoms with Crippen LogP contribution in [0.15, 0.2) is 18.2 Å². The van der Waals surface area contributed by atoms with E-state index in [4.69, 9.17) is 4.74 Å². The predicted octanol–water partition coefficient (Wildman–Crippen LogP) is 4.17. The second kappa shape index (κ2) is 4.83. The number of nitrogens with one attached hydrogen (secondary N) is 1. The van der Waals surface area contributed by atoms with Crippen LogP contribution in [0.2, 0.25) is 0 Å². The van der Waals surface area contributed by atoms with Gasteiger partial charge in [0.25, 0.3) is 0 Å². The van der Waals surface area contributed by atoms with Crippen molar-refractivity contribution in [3.05, 3.63) is 23.8 Å². The van der Waals surface area contributed by atoms with Gasteiger partial charge in [0.1, 0.15) is 5.75 Å². The number of hydrogen-bond donors (Lipinski definition) is 1. The molecule has 1 aromatic carbocycles. The molecule has 1 aromatic rings. The Morgan fingerprint density at radius 1 is 1.28 bits per heavy atom. The van der Waals surface area contributed by atoms with E-state index in [1.165, 1.54) is 43.4 Å². The molecule has 0 amide bonds. The average Bonchev–Trinajstić information content (AvgIpc) is 2.44. The molecule has 18 heavy (non-hydrogen) atoms. The van der Waals surface area contributed by atoms with Crippen molar-refractivity contribution in [3.8, 4) is 5.75 Å². The molecule has 1 fully saturated rings. The Morgan fingerprint density at radius 3 is 2.89 bits per heavy atom. The lowest BCUT2D eigenvalue weighted by Crippen LogP contribution is -2.39. The molecule has 3 atom stereocenters. The third-order valence-corrected chi connectivity index (χ3v) is 4.78. The van der Waals surface area contributed by atoms with Crippen LogP contribution in [-0.2, 0) is 0 Å². The predicted molar refractivity (Wildman–Crippen MR) is 75.4 cm³/mol. The van der Waals surface area contributed by atoms with Crippen LogP contribution < -0.4 is 10.1 Å².